The molecule has 0 bridgehead atoms. The molecule has 0 aliphatic heterocycles. The van der Waals surface area contributed by atoms with E-state index in [1.165, 1.54) is 6.21 Å². The summed E-state index contributed by atoms with van der Waals surface area (Å²) in [5.74, 6) is -1.82. The van der Waals surface area contributed by atoms with Crippen LogP contribution in [0.1, 0.15) is 22.3 Å². The molecule has 0 saturated carbocycles. The molecule has 0 fully saturated rings. The third-order valence-electron chi connectivity index (χ3n) is 4.85. The summed E-state index contributed by atoms with van der Waals surface area (Å²) in [6.07, 6.45) is 1.28. The largest absolute Gasteiger partial charge is 0.483 e. The molecule has 35 heavy (non-hydrogen) atoms. The summed E-state index contributed by atoms with van der Waals surface area (Å²) >= 11 is 6.07. The van der Waals surface area contributed by atoms with Crippen LogP contribution in [-0.4, -0.2) is 30.5 Å². The van der Waals surface area contributed by atoms with E-state index in [-0.39, 0.29) is 12.5 Å². The Morgan fingerprint density at radius 3 is 2.46 bits per heavy atom. The van der Waals surface area contributed by atoms with Gasteiger partial charge in [0.1, 0.15) is 5.75 Å². The number of hydrogen-bond acceptors (Lipinski definition) is 5. The molecule has 0 aromatic heterocycles. The Bertz CT molecular complexity index is 1290. The lowest BCUT2D eigenvalue weighted by Crippen LogP contribution is -2.32. The quantitative estimate of drug-likeness (QED) is 0.258. The fourth-order valence-electron chi connectivity index (χ4n) is 3.07. The van der Waals surface area contributed by atoms with Gasteiger partial charge in [-0.25, -0.2) is 5.43 Å². The summed E-state index contributed by atoms with van der Waals surface area (Å²) in [4.78, 5) is 36.5. The smallest absolute Gasteiger partial charge is 0.329 e. The van der Waals surface area contributed by atoms with Crippen LogP contribution in [0.15, 0.2) is 65.8 Å². The Morgan fingerprint density at radius 1 is 0.914 bits per heavy atom. The van der Waals surface area contributed by atoms with Crippen LogP contribution >= 0.6 is 11.6 Å². The first kappa shape index (κ1) is 25.5. The van der Waals surface area contributed by atoms with E-state index in [1.807, 2.05) is 45.0 Å². The molecule has 0 aliphatic carbocycles. The van der Waals surface area contributed by atoms with Gasteiger partial charge in [0.2, 0.25) is 0 Å². The van der Waals surface area contributed by atoms with Crippen molar-refractivity contribution in [2.75, 3.05) is 17.2 Å². The predicted octanol–water partition coefficient (Wildman–Crippen LogP) is 4.37. The van der Waals surface area contributed by atoms with Crippen molar-refractivity contribution in [3.63, 3.8) is 0 Å². The SMILES string of the molecule is Cc1cccc(NC(=O)C(=O)N/N=C\c2cc(Cl)ccc2OCC(=O)Nc2cc(C)ccc2C)c1. The van der Waals surface area contributed by atoms with E-state index in [2.05, 4.69) is 21.2 Å². The molecule has 0 heterocycles. The summed E-state index contributed by atoms with van der Waals surface area (Å²) in [6.45, 7) is 5.47. The average Bonchev–Trinajstić information content (AvgIpc) is 2.81. The van der Waals surface area contributed by atoms with Gasteiger partial charge in [0, 0.05) is 22.0 Å². The maximum atomic E-state index is 12.4. The van der Waals surface area contributed by atoms with Crippen LogP contribution in [0.4, 0.5) is 11.4 Å². The number of ether oxygens (including phenoxy) is 1. The summed E-state index contributed by atoms with van der Waals surface area (Å²) in [6, 6.07) is 17.6. The Labute approximate surface area is 208 Å². The van der Waals surface area contributed by atoms with Crippen LogP contribution in [-0.2, 0) is 14.4 Å². The monoisotopic (exact) mass is 492 g/mol. The van der Waals surface area contributed by atoms with Gasteiger partial charge in [0.15, 0.2) is 6.61 Å². The zero-order chi connectivity index (χ0) is 25.4. The van der Waals surface area contributed by atoms with Crippen molar-refractivity contribution in [1.29, 1.82) is 0 Å². The summed E-state index contributed by atoms with van der Waals surface area (Å²) in [5.41, 5.74) is 6.69. The fraction of sp³-hybridized carbons (Fsp3) is 0.154. The van der Waals surface area contributed by atoms with Crippen molar-refractivity contribution in [3.8, 4) is 5.75 Å². The molecule has 0 radical (unpaired) electrons. The van der Waals surface area contributed by atoms with Gasteiger partial charge < -0.3 is 15.4 Å². The Hall–Kier alpha value is -4.17. The van der Waals surface area contributed by atoms with Crippen LogP contribution in [0, 0.1) is 20.8 Å². The Balaban J connectivity index is 1.59. The molecule has 3 N–H and O–H groups in total. The Morgan fingerprint density at radius 2 is 1.69 bits per heavy atom. The highest BCUT2D eigenvalue weighted by atomic mass is 35.5. The number of carbonyl (C=O) groups excluding carboxylic acids is 3. The summed E-state index contributed by atoms with van der Waals surface area (Å²) < 4.78 is 5.64. The van der Waals surface area contributed by atoms with E-state index in [4.69, 9.17) is 16.3 Å². The lowest BCUT2D eigenvalue weighted by molar-refractivity contribution is -0.136. The van der Waals surface area contributed by atoms with Crippen molar-refractivity contribution in [2.45, 2.75) is 20.8 Å². The van der Waals surface area contributed by atoms with E-state index in [1.54, 1.807) is 36.4 Å². The molecule has 0 saturated heterocycles. The maximum Gasteiger partial charge on any atom is 0.329 e. The molecule has 0 spiro atoms. The van der Waals surface area contributed by atoms with Crippen LogP contribution in [0.2, 0.25) is 5.02 Å². The zero-order valence-corrected chi connectivity index (χ0v) is 20.3. The van der Waals surface area contributed by atoms with Crippen molar-refractivity contribution >= 4 is 46.9 Å². The molecule has 3 aromatic rings. The second kappa shape index (κ2) is 11.8. The number of hydrazone groups is 1. The van der Waals surface area contributed by atoms with Crippen LogP contribution < -0.4 is 20.8 Å². The minimum Gasteiger partial charge on any atom is -0.483 e. The highest BCUT2D eigenvalue weighted by Crippen LogP contribution is 2.22. The van der Waals surface area contributed by atoms with E-state index in [0.717, 1.165) is 16.7 Å². The minimum absolute atomic E-state index is 0.249. The number of hydrogen-bond donors (Lipinski definition) is 3. The van der Waals surface area contributed by atoms with E-state index in [0.29, 0.717) is 27.7 Å². The van der Waals surface area contributed by atoms with Crippen molar-refractivity contribution in [2.24, 2.45) is 5.10 Å². The number of benzene rings is 3. The minimum atomic E-state index is -0.944. The van der Waals surface area contributed by atoms with Crippen LogP contribution in [0.5, 0.6) is 5.75 Å². The molecule has 0 aliphatic rings. The van der Waals surface area contributed by atoms with E-state index >= 15 is 0 Å². The number of halogens is 1. The molecule has 0 unspecified atom stereocenters. The maximum absolute atomic E-state index is 12.4. The molecule has 9 heteroatoms. The summed E-state index contributed by atoms with van der Waals surface area (Å²) in [7, 11) is 0. The van der Waals surface area contributed by atoms with Gasteiger partial charge in [-0.05, 0) is 73.9 Å². The van der Waals surface area contributed by atoms with Gasteiger partial charge in [0.25, 0.3) is 5.91 Å². The number of anilines is 2. The average molecular weight is 493 g/mol. The number of rotatable bonds is 7. The van der Waals surface area contributed by atoms with Gasteiger partial charge in [-0.15, -0.1) is 0 Å². The zero-order valence-electron chi connectivity index (χ0n) is 19.5. The molecule has 180 valence electrons. The van der Waals surface area contributed by atoms with Gasteiger partial charge in [-0.2, -0.15) is 5.10 Å². The second-order valence-electron chi connectivity index (χ2n) is 7.86. The molecule has 3 rings (SSSR count). The number of aryl methyl sites for hydroxylation is 3. The third kappa shape index (κ3) is 7.68. The highest BCUT2D eigenvalue weighted by molar-refractivity contribution is 6.39. The second-order valence-corrected chi connectivity index (χ2v) is 8.30. The fourth-order valence-corrected chi connectivity index (χ4v) is 3.25. The standard InChI is InChI=1S/C26H25ClN4O4/c1-16-5-4-6-21(11-16)29-25(33)26(34)31-28-14-19-13-20(27)9-10-23(19)35-15-24(32)30-22-12-17(2)7-8-18(22)3/h4-14H,15H2,1-3H3,(H,29,33)(H,30,32)(H,31,34)/b28-14-. The van der Waals surface area contributed by atoms with Crippen LogP contribution in [0.3, 0.4) is 0 Å². The van der Waals surface area contributed by atoms with Gasteiger partial charge in [-0.1, -0.05) is 35.9 Å². The van der Waals surface area contributed by atoms with Crippen molar-refractivity contribution in [3.05, 3.63) is 87.9 Å². The number of nitrogens with one attached hydrogen (secondary N) is 3. The predicted molar refractivity (Wildman–Crippen MR) is 137 cm³/mol. The molecular weight excluding hydrogens is 468 g/mol. The topological polar surface area (TPSA) is 109 Å². The van der Waals surface area contributed by atoms with Gasteiger partial charge in [0.05, 0.1) is 6.21 Å². The van der Waals surface area contributed by atoms with Crippen molar-refractivity contribution < 1.29 is 19.1 Å². The number of carbonyl (C=O) groups is 3. The first-order chi connectivity index (χ1) is 16.7. The molecule has 0 atom stereocenters. The lowest BCUT2D eigenvalue weighted by Gasteiger charge is -2.12. The number of amides is 3. The molecule has 8 nitrogen and oxygen atoms in total. The lowest BCUT2D eigenvalue weighted by atomic mass is 10.1. The van der Waals surface area contributed by atoms with Gasteiger partial charge in [-0.3, -0.25) is 14.4 Å². The molecule has 3 aromatic carbocycles. The van der Waals surface area contributed by atoms with Gasteiger partial charge >= 0.3 is 11.8 Å². The van der Waals surface area contributed by atoms with Crippen LogP contribution in [0.25, 0.3) is 0 Å². The summed E-state index contributed by atoms with van der Waals surface area (Å²) in [5, 5.41) is 9.54. The first-order valence-electron chi connectivity index (χ1n) is 10.7. The van der Waals surface area contributed by atoms with E-state index < -0.39 is 11.8 Å². The Kier molecular flexibility index (Phi) is 8.58. The normalized spacial score (nSPS) is 10.6. The van der Waals surface area contributed by atoms with E-state index in [9.17, 15) is 14.4 Å². The third-order valence-corrected chi connectivity index (χ3v) is 5.08. The first-order valence-corrected chi connectivity index (χ1v) is 11.1. The molecular formula is C26H25ClN4O4. The number of nitrogens with zero attached hydrogens (tertiary/aromatic N) is 1. The van der Waals surface area contributed by atoms with Crippen molar-refractivity contribution in [1.82, 2.24) is 5.43 Å². The highest BCUT2D eigenvalue weighted by Gasteiger charge is 2.13. The molecule has 3 amide bonds.